The highest BCUT2D eigenvalue weighted by atomic mass is 19.1. The van der Waals surface area contributed by atoms with Crippen LogP contribution in [-0.4, -0.2) is 17.9 Å². The maximum atomic E-state index is 13.4. The molecule has 0 radical (unpaired) electrons. The minimum absolute atomic E-state index is 0.0440. The van der Waals surface area contributed by atoms with Crippen LogP contribution in [0.2, 0.25) is 0 Å². The summed E-state index contributed by atoms with van der Waals surface area (Å²) in [5.74, 6) is -0.303. The van der Waals surface area contributed by atoms with E-state index in [1.54, 1.807) is 0 Å². The van der Waals surface area contributed by atoms with Crippen molar-refractivity contribution in [1.29, 1.82) is 0 Å². The van der Waals surface area contributed by atoms with Gasteiger partial charge in [0.25, 0.3) is 0 Å². The van der Waals surface area contributed by atoms with E-state index in [0.717, 1.165) is 11.1 Å². The molecule has 0 atom stereocenters. The molecule has 0 saturated heterocycles. The molecule has 1 N–H and O–H groups in total. The van der Waals surface area contributed by atoms with Crippen LogP contribution in [0.4, 0.5) is 9.18 Å². The third-order valence-corrected chi connectivity index (χ3v) is 2.44. The molecule has 1 aromatic carbocycles. The molecule has 0 saturated carbocycles. The first-order chi connectivity index (χ1) is 7.79. The average Bonchev–Trinajstić information content (AvgIpc) is 2.14. The predicted molar refractivity (Wildman–Crippen MR) is 62.8 cm³/mol. The lowest BCUT2D eigenvalue weighted by Crippen LogP contribution is -2.12. The van der Waals surface area contributed by atoms with Gasteiger partial charge in [0.2, 0.25) is 0 Å². The fraction of sp³-hybridized carbons (Fsp3) is 0.462. The van der Waals surface area contributed by atoms with E-state index in [4.69, 9.17) is 5.11 Å². The highest BCUT2D eigenvalue weighted by Gasteiger charge is 2.15. The van der Waals surface area contributed by atoms with E-state index in [1.165, 1.54) is 12.1 Å². The molecule has 0 unspecified atom stereocenters. The molecule has 0 fully saturated rings. The highest BCUT2D eigenvalue weighted by molar-refractivity contribution is 5.56. The fourth-order valence-corrected chi connectivity index (χ4v) is 1.48. The lowest BCUT2D eigenvalue weighted by molar-refractivity contribution is 0.0927. The molecule has 94 valence electrons. The van der Waals surface area contributed by atoms with Gasteiger partial charge >= 0.3 is 6.16 Å². The molecule has 1 aromatic rings. The lowest BCUT2D eigenvalue weighted by atomic mass is 9.86. The quantitative estimate of drug-likeness (QED) is 0.824. The van der Waals surface area contributed by atoms with E-state index in [1.807, 2.05) is 26.8 Å². The Morgan fingerprint density at radius 2 is 2.00 bits per heavy atom. The third-order valence-electron chi connectivity index (χ3n) is 2.44. The largest absolute Gasteiger partial charge is 0.505 e. The number of hydrogen-bond donors (Lipinski definition) is 1. The van der Waals surface area contributed by atoms with E-state index in [-0.39, 0.29) is 17.8 Å². The van der Waals surface area contributed by atoms with E-state index in [9.17, 15) is 9.18 Å². The Bertz CT molecular complexity index is 408. The summed E-state index contributed by atoms with van der Waals surface area (Å²) in [5.41, 5.74) is 1.50. The number of hydrogen-bond acceptors (Lipinski definition) is 2. The van der Waals surface area contributed by atoms with E-state index >= 15 is 0 Å². The van der Waals surface area contributed by atoms with Gasteiger partial charge in [-0.3, -0.25) is 0 Å². The van der Waals surface area contributed by atoms with E-state index in [0.29, 0.717) is 6.42 Å². The zero-order valence-corrected chi connectivity index (χ0v) is 10.3. The number of carbonyl (C=O) groups is 1. The Morgan fingerprint density at radius 3 is 2.53 bits per heavy atom. The maximum Gasteiger partial charge on any atom is 0.505 e. The zero-order chi connectivity index (χ0) is 13.1. The van der Waals surface area contributed by atoms with Gasteiger partial charge in [-0.1, -0.05) is 26.8 Å². The molecule has 0 aliphatic heterocycles. The van der Waals surface area contributed by atoms with Gasteiger partial charge in [-0.05, 0) is 28.7 Å². The van der Waals surface area contributed by atoms with Gasteiger partial charge in [-0.25, -0.2) is 9.18 Å². The Balaban J connectivity index is 2.79. The number of ether oxygens (including phenoxy) is 1. The smallest absolute Gasteiger partial charge is 0.450 e. The average molecular weight is 240 g/mol. The van der Waals surface area contributed by atoms with Crippen LogP contribution in [0.15, 0.2) is 18.2 Å². The summed E-state index contributed by atoms with van der Waals surface area (Å²) < 4.78 is 17.8. The summed E-state index contributed by atoms with van der Waals surface area (Å²) in [7, 11) is 0. The van der Waals surface area contributed by atoms with Crippen molar-refractivity contribution in [2.24, 2.45) is 0 Å². The first kappa shape index (κ1) is 13.5. The molecule has 0 heterocycles. The number of halogens is 1. The van der Waals surface area contributed by atoms with Crippen molar-refractivity contribution in [2.75, 3.05) is 6.61 Å². The van der Waals surface area contributed by atoms with Gasteiger partial charge in [-0.2, -0.15) is 0 Å². The summed E-state index contributed by atoms with van der Waals surface area (Å²) in [5, 5.41) is 8.33. The first-order valence-corrected chi connectivity index (χ1v) is 5.45. The minimum Gasteiger partial charge on any atom is -0.450 e. The highest BCUT2D eigenvalue weighted by Crippen LogP contribution is 2.24. The van der Waals surface area contributed by atoms with Crippen molar-refractivity contribution in [2.45, 2.75) is 32.6 Å². The van der Waals surface area contributed by atoms with Gasteiger partial charge in [0.1, 0.15) is 5.82 Å². The van der Waals surface area contributed by atoms with Gasteiger partial charge in [-0.15, -0.1) is 0 Å². The van der Waals surface area contributed by atoms with Crippen molar-refractivity contribution in [3.63, 3.8) is 0 Å². The lowest BCUT2D eigenvalue weighted by Gasteiger charge is -2.20. The predicted octanol–water partition coefficient (Wildman–Crippen LogP) is 3.36. The van der Waals surface area contributed by atoms with Crippen LogP contribution in [0.3, 0.4) is 0 Å². The SMILES string of the molecule is CC(C)(C)c1cc(F)cc(CCOC(=O)O)c1. The molecule has 0 aliphatic carbocycles. The Hall–Kier alpha value is -1.58. The summed E-state index contributed by atoms with van der Waals surface area (Å²) in [6, 6.07) is 4.79. The molecule has 4 heteroatoms. The Kier molecular flexibility index (Phi) is 4.10. The number of carboxylic acid groups (broad SMARTS) is 1. The van der Waals surface area contributed by atoms with Gasteiger partial charge in [0, 0.05) is 6.42 Å². The second kappa shape index (κ2) is 5.17. The van der Waals surface area contributed by atoms with Gasteiger partial charge in [0.15, 0.2) is 0 Å². The summed E-state index contributed by atoms with van der Waals surface area (Å²) >= 11 is 0. The van der Waals surface area contributed by atoms with Crippen molar-refractivity contribution >= 4 is 6.16 Å². The fourth-order valence-electron chi connectivity index (χ4n) is 1.48. The molecule has 17 heavy (non-hydrogen) atoms. The van der Waals surface area contributed by atoms with E-state index in [2.05, 4.69) is 4.74 Å². The number of rotatable bonds is 3. The van der Waals surface area contributed by atoms with Gasteiger partial charge in [0.05, 0.1) is 6.61 Å². The van der Waals surface area contributed by atoms with Crippen molar-refractivity contribution in [3.8, 4) is 0 Å². The number of benzene rings is 1. The summed E-state index contributed by atoms with van der Waals surface area (Å²) in [4.78, 5) is 10.2. The van der Waals surface area contributed by atoms with Crippen LogP contribution >= 0.6 is 0 Å². The first-order valence-electron chi connectivity index (χ1n) is 5.45. The van der Waals surface area contributed by atoms with Crippen LogP contribution in [-0.2, 0) is 16.6 Å². The summed E-state index contributed by atoms with van der Waals surface area (Å²) in [6.45, 7) is 6.04. The second-order valence-corrected chi connectivity index (χ2v) is 4.96. The molecular formula is C13H17FO3. The monoisotopic (exact) mass is 240 g/mol. The van der Waals surface area contributed by atoms with Crippen molar-refractivity contribution in [1.82, 2.24) is 0 Å². The van der Waals surface area contributed by atoms with Crippen LogP contribution in [0, 0.1) is 5.82 Å². The minimum atomic E-state index is -1.31. The van der Waals surface area contributed by atoms with Crippen LogP contribution in [0.25, 0.3) is 0 Å². The van der Waals surface area contributed by atoms with E-state index < -0.39 is 6.16 Å². The molecule has 0 aliphatic rings. The standard InChI is InChI=1S/C13H17FO3/c1-13(2,3)10-6-9(7-11(14)8-10)4-5-17-12(15)16/h6-8H,4-5H2,1-3H3,(H,15,16). The molecule has 3 nitrogen and oxygen atoms in total. The van der Waals surface area contributed by atoms with Crippen molar-refractivity contribution in [3.05, 3.63) is 35.1 Å². The van der Waals surface area contributed by atoms with Crippen LogP contribution in [0.1, 0.15) is 31.9 Å². The molecule has 0 bridgehead atoms. The van der Waals surface area contributed by atoms with Gasteiger partial charge < -0.3 is 9.84 Å². The molecule has 1 rings (SSSR count). The van der Waals surface area contributed by atoms with Crippen molar-refractivity contribution < 1.29 is 19.0 Å². The molecule has 0 aromatic heterocycles. The zero-order valence-electron chi connectivity index (χ0n) is 10.3. The van der Waals surface area contributed by atoms with Crippen LogP contribution in [0.5, 0.6) is 0 Å². The Morgan fingerprint density at radius 1 is 1.35 bits per heavy atom. The topological polar surface area (TPSA) is 46.5 Å². The molecular weight excluding hydrogens is 223 g/mol. The van der Waals surface area contributed by atoms with Crippen LogP contribution < -0.4 is 0 Å². The maximum absolute atomic E-state index is 13.4. The molecule has 0 amide bonds. The second-order valence-electron chi connectivity index (χ2n) is 4.96. The summed E-state index contributed by atoms with van der Waals surface area (Å²) in [6.07, 6.45) is -0.926. The molecule has 0 spiro atoms. The normalized spacial score (nSPS) is 11.3. The Labute approximate surface area is 100 Å². The third kappa shape index (κ3) is 4.43.